The number of aromatic nitrogens is 2. The number of rotatable bonds is 3. The SMILES string of the molecule is COC(=O)c1ccc(Cc2c(C)[nH]c3ccccc23)nc1. The van der Waals surface area contributed by atoms with Crippen molar-refractivity contribution in [3.8, 4) is 0 Å². The van der Waals surface area contributed by atoms with Gasteiger partial charge in [0.15, 0.2) is 0 Å². The van der Waals surface area contributed by atoms with Crippen LogP contribution in [0.2, 0.25) is 0 Å². The number of ether oxygens (including phenoxy) is 1. The molecule has 3 rings (SSSR count). The van der Waals surface area contributed by atoms with Gasteiger partial charge in [0.25, 0.3) is 0 Å². The highest BCUT2D eigenvalue weighted by Gasteiger charge is 2.10. The molecule has 0 unspecified atom stereocenters. The number of pyridine rings is 1. The van der Waals surface area contributed by atoms with E-state index in [2.05, 4.69) is 33.8 Å². The minimum atomic E-state index is -0.364. The average molecular weight is 280 g/mol. The Labute approximate surface area is 122 Å². The number of hydrogen-bond donors (Lipinski definition) is 1. The maximum absolute atomic E-state index is 11.4. The average Bonchev–Trinajstić information content (AvgIpc) is 2.83. The van der Waals surface area contributed by atoms with E-state index >= 15 is 0 Å². The lowest BCUT2D eigenvalue weighted by molar-refractivity contribution is 0.0600. The molecule has 0 saturated heterocycles. The minimum Gasteiger partial charge on any atom is -0.465 e. The van der Waals surface area contributed by atoms with Crippen molar-refractivity contribution in [2.75, 3.05) is 7.11 Å². The van der Waals surface area contributed by atoms with Gasteiger partial charge in [0.2, 0.25) is 0 Å². The summed E-state index contributed by atoms with van der Waals surface area (Å²) < 4.78 is 4.67. The van der Waals surface area contributed by atoms with Crippen LogP contribution in [0.25, 0.3) is 10.9 Å². The van der Waals surface area contributed by atoms with E-state index in [0.717, 1.165) is 23.3 Å². The van der Waals surface area contributed by atoms with Crippen LogP contribution in [0.1, 0.15) is 27.3 Å². The lowest BCUT2D eigenvalue weighted by Gasteiger charge is -2.03. The summed E-state index contributed by atoms with van der Waals surface area (Å²) in [5, 5.41) is 1.22. The molecule has 0 spiro atoms. The van der Waals surface area contributed by atoms with Gasteiger partial charge in [-0.05, 0) is 30.7 Å². The Balaban J connectivity index is 1.92. The van der Waals surface area contributed by atoms with E-state index in [9.17, 15) is 4.79 Å². The largest absolute Gasteiger partial charge is 0.465 e. The zero-order valence-corrected chi connectivity index (χ0v) is 12.0. The molecule has 3 aromatic rings. The molecule has 21 heavy (non-hydrogen) atoms. The van der Waals surface area contributed by atoms with E-state index in [1.165, 1.54) is 18.1 Å². The van der Waals surface area contributed by atoms with Crippen molar-refractivity contribution in [2.45, 2.75) is 13.3 Å². The van der Waals surface area contributed by atoms with Gasteiger partial charge in [-0.3, -0.25) is 4.98 Å². The molecule has 0 radical (unpaired) electrons. The van der Waals surface area contributed by atoms with E-state index < -0.39 is 0 Å². The van der Waals surface area contributed by atoms with Gasteiger partial charge in [-0.25, -0.2) is 4.79 Å². The Bertz CT molecular complexity index is 788. The normalized spacial score (nSPS) is 10.8. The molecule has 1 aromatic carbocycles. The smallest absolute Gasteiger partial charge is 0.339 e. The third kappa shape index (κ3) is 2.52. The molecule has 2 aromatic heterocycles. The molecule has 4 nitrogen and oxygen atoms in total. The van der Waals surface area contributed by atoms with Crippen molar-refractivity contribution < 1.29 is 9.53 Å². The molecule has 0 atom stereocenters. The van der Waals surface area contributed by atoms with E-state index in [0.29, 0.717) is 5.56 Å². The molecule has 2 heterocycles. The summed E-state index contributed by atoms with van der Waals surface area (Å²) >= 11 is 0. The number of nitrogens with zero attached hydrogens (tertiary/aromatic N) is 1. The molecular formula is C17H16N2O2. The number of H-pyrrole nitrogens is 1. The van der Waals surface area contributed by atoms with Crippen LogP contribution < -0.4 is 0 Å². The van der Waals surface area contributed by atoms with E-state index in [-0.39, 0.29) is 5.97 Å². The molecule has 0 aliphatic carbocycles. The topological polar surface area (TPSA) is 55.0 Å². The highest BCUT2D eigenvalue weighted by Crippen LogP contribution is 2.24. The fraction of sp³-hybridized carbons (Fsp3) is 0.176. The third-order valence-corrected chi connectivity index (χ3v) is 3.63. The van der Waals surface area contributed by atoms with Crippen LogP contribution in [0.5, 0.6) is 0 Å². The first-order chi connectivity index (χ1) is 10.2. The van der Waals surface area contributed by atoms with Crippen molar-refractivity contribution >= 4 is 16.9 Å². The van der Waals surface area contributed by atoms with Crippen LogP contribution in [-0.2, 0) is 11.2 Å². The van der Waals surface area contributed by atoms with Crippen molar-refractivity contribution in [3.63, 3.8) is 0 Å². The number of carbonyl (C=O) groups excluding carboxylic acids is 1. The van der Waals surface area contributed by atoms with Crippen LogP contribution in [0.3, 0.4) is 0 Å². The van der Waals surface area contributed by atoms with Gasteiger partial charge >= 0.3 is 5.97 Å². The van der Waals surface area contributed by atoms with Gasteiger partial charge in [0, 0.05) is 34.9 Å². The Morgan fingerprint density at radius 2 is 2.05 bits per heavy atom. The maximum Gasteiger partial charge on any atom is 0.339 e. The molecule has 1 N–H and O–H groups in total. The Morgan fingerprint density at radius 3 is 2.76 bits per heavy atom. The molecule has 0 aliphatic rings. The number of esters is 1. The highest BCUT2D eigenvalue weighted by molar-refractivity contribution is 5.89. The van der Waals surface area contributed by atoms with Crippen molar-refractivity contribution in [3.05, 3.63) is 65.1 Å². The Morgan fingerprint density at radius 1 is 1.24 bits per heavy atom. The van der Waals surface area contributed by atoms with Crippen LogP contribution in [-0.4, -0.2) is 23.0 Å². The van der Waals surface area contributed by atoms with Gasteiger partial charge in [-0.1, -0.05) is 18.2 Å². The zero-order chi connectivity index (χ0) is 14.8. The number of nitrogens with one attached hydrogen (secondary N) is 1. The number of benzene rings is 1. The van der Waals surface area contributed by atoms with Crippen LogP contribution in [0.4, 0.5) is 0 Å². The predicted molar refractivity (Wildman–Crippen MR) is 81.4 cm³/mol. The number of carbonyl (C=O) groups is 1. The van der Waals surface area contributed by atoms with E-state index in [1.54, 1.807) is 12.3 Å². The second-order valence-corrected chi connectivity index (χ2v) is 4.98. The molecule has 0 amide bonds. The highest BCUT2D eigenvalue weighted by atomic mass is 16.5. The summed E-state index contributed by atoms with van der Waals surface area (Å²) in [5.41, 5.74) is 4.92. The number of aryl methyl sites for hydroxylation is 1. The number of methoxy groups -OCH3 is 1. The predicted octanol–water partition coefficient (Wildman–Crippen LogP) is 3.25. The minimum absolute atomic E-state index is 0.364. The first kappa shape index (κ1) is 13.4. The summed E-state index contributed by atoms with van der Waals surface area (Å²) in [6, 6.07) is 11.8. The number of para-hydroxylation sites is 1. The third-order valence-electron chi connectivity index (χ3n) is 3.63. The van der Waals surface area contributed by atoms with Gasteiger partial charge in [0.1, 0.15) is 0 Å². The fourth-order valence-corrected chi connectivity index (χ4v) is 2.51. The summed E-state index contributed by atoms with van der Waals surface area (Å²) in [6.45, 7) is 2.07. The van der Waals surface area contributed by atoms with Crippen LogP contribution in [0, 0.1) is 6.92 Å². The number of fused-ring (bicyclic) bond motifs is 1. The summed E-state index contributed by atoms with van der Waals surface area (Å²) in [5.74, 6) is -0.364. The summed E-state index contributed by atoms with van der Waals surface area (Å²) in [6.07, 6.45) is 2.29. The molecule has 0 aliphatic heterocycles. The molecule has 4 heteroatoms. The zero-order valence-electron chi connectivity index (χ0n) is 12.0. The molecule has 106 valence electrons. The first-order valence-electron chi connectivity index (χ1n) is 6.78. The number of aromatic amines is 1. The second-order valence-electron chi connectivity index (χ2n) is 4.98. The van der Waals surface area contributed by atoms with Gasteiger partial charge < -0.3 is 9.72 Å². The Hall–Kier alpha value is -2.62. The van der Waals surface area contributed by atoms with Crippen molar-refractivity contribution in [1.29, 1.82) is 0 Å². The first-order valence-corrected chi connectivity index (χ1v) is 6.78. The lowest BCUT2D eigenvalue weighted by atomic mass is 10.1. The standard InChI is InChI=1S/C17H16N2O2/c1-11-15(14-5-3-4-6-16(14)19-11)9-13-8-7-12(10-18-13)17(20)21-2/h3-8,10,19H,9H2,1-2H3. The fourth-order valence-electron chi connectivity index (χ4n) is 2.51. The van der Waals surface area contributed by atoms with Gasteiger partial charge in [-0.2, -0.15) is 0 Å². The van der Waals surface area contributed by atoms with Gasteiger partial charge in [0.05, 0.1) is 12.7 Å². The lowest BCUT2D eigenvalue weighted by Crippen LogP contribution is -2.03. The molecule has 0 saturated carbocycles. The second kappa shape index (κ2) is 5.40. The quantitative estimate of drug-likeness (QED) is 0.749. The monoisotopic (exact) mass is 280 g/mol. The van der Waals surface area contributed by atoms with Crippen molar-refractivity contribution in [1.82, 2.24) is 9.97 Å². The summed E-state index contributed by atoms with van der Waals surface area (Å²) in [4.78, 5) is 19.1. The molecule has 0 fully saturated rings. The van der Waals surface area contributed by atoms with Crippen LogP contribution >= 0.6 is 0 Å². The van der Waals surface area contributed by atoms with Crippen LogP contribution in [0.15, 0.2) is 42.6 Å². The van der Waals surface area contributed by atoms with E-state index in [1.807, 2.05) is 18.2 Å². The summed E-state index contributed by atoms with van der Waals surface area (Å²) in [7, 11) is 1.37. The van der Waals surface area contributed by atoms with Crippen molar-refractivity contribution in [2.24, 2.45) is 0 Å². The maximum atomic E-state index is 11.4. The molecule has 0 bridgehead atoms. The van der Waals surface area contributed by atoms with E-state index in [4.69, 9.17) is 0 Å². The molecular weight excluding hydrogens is 264 g/mol. The number of hydrogen-bond acceptors (Lipinski definition) is 3. The van der Waals surface area contributed by atoms with Gasteiger partial charge in [-0.15, -0.1) is 0 Å². The Kier molecular flexibility index (Phi) is 3.44.